The molecule has 1 fully saturated rings. The van der Waals surface area contributed by atoms with Crippen LogP contribution in [0.15, 0.2) is 56.3 Å². The van der Waals surface area contributed by atoms with Gasteiger partial charge in [0.15, 0.2) is 0 Å². The molecule has 1 saturated heterocycles. The summed E-state index contributed by atoms with van der Waals surface area (Å²) in [6.45, 7) is 0.851. The van der Waals surface area contributed by atoms with Crippen LogP contribution in [0.2, 0.25) is 0 Å². The molecule has 0 radical (unpaired) electrons. The first-order chi connectivity index (χ1) is 14.3. The highest BCUT2D eigenvalue weighted by Crippen LogP contribution is 2.37. The molecule has 2 aromatic rings. The maximum Gasteiger partial charge on any atom is 0.266 e. The SMILES string of the molecule is O=C(CCCN1C(=O)/C(=C/c2cc(Br)cc(Br)c2O)SC1=S)NCc1ccccc1. The summed E-state index contributed by atoms with van der Waals surface area (Å²) < 4.78 is 1.75. The van der Waals surface area contributed by atoms with E-state index in [9.17, 15) is 14.7 Å². The molecule has 2 amide bonds. The molecule has 0 aromatic heterocycles. The fourth-order valence-electron chi connectivity index (χ4n) is 2.81. The Kier molecular flexibility index (Phi) is 8.10. The van der Waals surface area contributed by atoms with Crippen LogP contribution in [0.1, 0.15) is 24.0 Å². The lowest BCUT2D eigenvalue weighted by atomic mass is 10.2. The van der Waals surface area contributed by atoms with Crippen LogP contribution in [0.5, 0.6) is 5.75 Å². The molecule has 156 valence electrons. The quantitative estimate of drug-likeness (QED) is 0.353. The second-order valence-corrected chi connectivity index (χ2v) is 9.97. The Bertz CT molecular complexity index is 1010. The number of carbonyl (C=O) groups is 2. The topological polar surface area (TPSA) is 69.6 Å². The smallest absolute Gasteiger partial charge is 0.266 e. The van der Waals surface area contributed by atoms with Crippen LogP contribution >= 0.6 is 55.8 Å². The van der Waals surface area contributed by atoms with Crippen LogP contribution in [0.25, 0.3) is 6.08 Å². The number of aromatic hydroxyl groups is 1. The van der Waals surface area contributed by atoms with Crippen molar-refractivity contribution in [3.8, 4) is 5.75 Å². The molecule has 2 aromatic carbocycles. The van der Waals surface area contributed by atoms with Crippen molar-refractivity contribution in [2.24, 2.45) is 0 Å². The monoisotopic (exact) mass is 568 g/mol. The number of phenols is 1. The molecule has 0 spiro atoms. The summed E-state index contributed by atoms with van der Waals surface area (Å²) in [6, 6.07) is 13.1. The number of carbonyl (C=O) groups excluding carboxylic acids is 2. The zero-order valence-corrected chi connectivity index (χ0v) is 20.5. The van der Waals surface area contributed by atoms with Gasteiger partial charge in [0.25, 0.3) is 5.91 Å². The predicted octanol–water partition coefficient (Wildman–Crippen LogP) is 5.22. The van der Waals surface area contributed by atoms with Gasteiger partial charge in [-0.2, -0.15) is 0 Å². The van der Waals surface area contributed by atoms with Gasteiger partial charge in [0.1, 0.15) is 10.1 Å². The minimum atomic E-state index is -0.217. The molecular weight excluding hydrogens is 552 g/mol. The largest absolute Gasteiger partial charge is 0.506 e. The number of nitrogens with zero attached hydrogens (tertiary/aromatic N) is 1. The molecule has 5 nitrogen and oxygen atoms in total. The van der Waals surface area contributed by atoms with Crippen molar-refractivity contribution in [3.05, 3.63) is 67.4 Å². The van der Waals surface area contributed by atoms with Crippen molar-refractivity contribution >= 4 is 78.1 Å². The van der Waals surface area contributed by atoms with Gasteiger partial charge in [0, 0.05) is 29.5 Å². The second kappa shape index (κ2) is 10.6. The zero-order valence-electron chi connectivity index (χ0n) is 15.7. The number of nitrogens with one attached hydrogen (secondary N) is 1. The Morgan fingerprint density at radius 1 is 1.23 bits per heavy atom. The summed E-state index contributed by atoms with van der Waals surface area (Å²) in [5.41, 5.74) is 1.55. The number of halogens is 2. The number of phenolic OH excluding ortho intramolecular Hbond substituents is 1. The predicted molar refractivity (Wildman–Crippen MR) is 131 cm³/mol. The Balaban J connectivity index is 1.54. The third-order valence-electron chi connectivity index (χ3n) is 4.34. The molecule has 1 aliphatic rings. The van der Waals surface area contributed by atoms with Crippen molar-refractivity contribution in [3.63, 3.8) is 0 Å². The summed E-state index contributed by atoms with van der Waals surface area (Å²) in [4.78, 5) is 26.7. The van der Waals surface area contributed by atoms with Crippen molar-refractivity contribution < 1.29 is 14.7 Å². The van der Waals surface area contributed by atoms with Gasteiger partial charge in [-0.25, -0.2) is 0 Å². The van der Waals surface area contributed by atoms with E-state index < -0.39 is 0 Å². The van der Waals surface area contributed by atoms with E-state index in [2.05, 4.69) is 37.2 Å². The first-order valence-electron chi connectivity index (χ1n) is 9.09. The van der Waals surface area contributed by atoms with Gasteiger partial charge in [-0.3, -0.25) is 14.5 Å². The van der Waals surface area contributed by atoms with Crippen LogP contribution in [-0.4, -0.2) is 32.7 Å². The van der Waals surface area contributed by atoms with E-state index in [1.54, 1.807) is 18.2 Å². The molecule has 3 rings (SSSR count). The molecule has 0 bridgehead atoms. The summed E-state index contributed by atoms with van der Waals surface area (Å²) in [5.74, 6) is -0.229. The van der Waals surface area contributed by atoms with E-state index >= 15 is 0 Å². The number of amides is 2. The molecular formula is C21H18Br2N2O3S2. The van der Waals surface area contributed by atoms with E-state index in [-0.39, 0.29) is 17.6 Å². The minimum absolute atomic E-state index is 0.0542. The van der Waals surface area contributed by atoms with Crippen LogP contribution in [0.3, 0.4) is 0 Å². The van der Waals surface area contributed by atoms with Crippen LogP contribution in [0.4, 0.5) is 0 Å². The summed E-state index contributed by atoms with van der Waals surface area (Å²) in [6.07, 6.45) is 2.44. The zero-order chi connectivity index (χ0) is 21.7. The van der Waals surface area contributed by atoms with Crippen LogP contribution in [-0.2, 0) is 16.1 Å². The van der Waals surface area contributed by atoms with E-state index in [0.717, 1.165) is 10.0 Å². The molecule has 0 unspecified atom stereocenters. The first kappa shape index (κ1) is 23.0. The van der Waals surface area contributed by atoms with Gasteiger partial charge in [-0.05, 0) is 46.1 Å². The summed E-state index contributed by atoms with van der Waals surface area (Å²) >= 11 is 13.2. The molecule has 0 aliphatic carbocycles. The van der Waals surface area contributed by atoms with Gasteiger partial charge < -0.3 is 10.4 Å². The average molecular weight is 570 g/mol. The molecule has 1 heterocycles. The van der Waals surface area contributed by atoms with Crippen LogP contribution in [0, 0.1) is 0 Å². The van der Waals surface area contributed by atoms with E-state index in [0.29, 0.717) is 45.2 Å². The second-order valence-electron chi connectivity index (χ2n) is 6.52. The molecule has 9 heteroatoms. The lowest BCUT2D eigenvalue weighted by molar-refractivity contribution is -0.124. The normalized spacial score (nSPS) is 15.1. The van der Waals surface area contributed by atoms with E-state index in [1.165, 1.54) is 16.7 Å². The van der Waals surface area contributed by atoms with Crippen molar-refractivity contribution in [1.29, 1.82) is 0 Å². The van der Waals surface area contributed by atoms with Crippen LogP contribution < -0.4 is 5.32 Å². The molecule has 0 saturated carbocycles. The number of thioether (sulfide) groups is 1. The van der Waals surface area contributed by atoms with Crippen molar-refractivity contribution in [2.75, 3.05) is 6.54 Å². The lowest BCUT2D eigenvalue weighted by Crippen LogP contribution is -2.30. The van der Waals surface area contributed by atoms with Crippen molar-refractivity contribution in [1.82, 2.24) is 10.2 Å². The van der Waals surface area contributed by atoms with E-state index in [1.807, 2.05) is 30.3 Å². The van der Waals surface area contributed by atoms with Gasteiger partial charge >= 0.3 is 0 Å². The number of hydrogen-bond donors (Lipinski definition) is 2. The third kappa shape index (κ3) is 5.94. The summed E-state index contributed by atoms with van der Waals surface area (Å²) in [7, 11) is 0. The van der Waals surface area contributed by atoms with Crippen molar-refractivity contribution in [2.45, 2.75) is 19.4 Å². The molecule has 1 aliphatic heterocycles. The Hall–Kier alpha value is -1.68. The van der Waals surface area contributed by atoms with Gasteiger partial charge in [-0.1, -0.05) is 70.2 Å². The molecule has 30 heavy (non-hydrogen) atoms. The highest BCUT2D eigenvalue weighted by atomic mass is 79.9. The fraction of sp³-hybridized carbons (Fsp3) is 0.190. The number of thiocarbonyl (C=S) groups is 1. The minimum Gasteiger partial charge on any atom is -0.506 e. The Morgan fingerprint density at radius 2 is 1.97 bits per heavy atom. The third-order valence-corrected chi connectivity index (χ3v) is 6.78. The highest BCUT2D eigenvalue weighted by Gasteiger charge is 2.32. The maximum atomic E-state index is 12.7. The number of benzene rings is 2. The average Bonchev–Trinajstić information content (AvgIpc) is 2.98. The number of hydrogen-bond acceptors (Lipinski definition) is 5. The Morgan fingerprint density at radius 3 is 2.70 bits per heavy atom. The standard InChI is InChI=1S/C21H18Br2N2O3S2/c22-15-9-14(19(27)16(23)11-15)10-17-20(28)25(21(29)30-17)8-4-7-18(26)24-12-13-5-2-1-3-6-13/h1-3,5-6,9-11,27H,4,7-8,12H2,(H,24,26)/b17-10-. The number of rotatable bonds is 7. The molecule has 0 atom stereocenters. The Labute approximate surface area is 201 Å². The van der Waals surface area contributed by atoms with E-state index in [4.69, 9.17) is 12.2 Å². The molecule has 2 N–H and O–H groups in total. The lowest BCUT2D eigenvalue weighted by Gasteiger charge is -2.14. The fourth-order valence-corrected chi connectivity index (χ4v) is 5.37. The maximum absolute atomic E-state index is 12.7. The van der Waals surface area contributed by atoms with Gasteiger partial charge in [0.2, 0.25) is 5.91 Å². The first-order valence-corrected chi connectivity index (χ1v) is 11.9. The van der Waals surface area contributed by atoms with Gasteiger partial charge in [0.05, 0.1) is 9.38 Å². The summed E-state index contributed by atoms with van der Waals surface area (Å²) in [5, 5.41) is 13.1. The highest BCUT2D eigenvalue weighted by molar-refractivity contribution is 9.11. The van der Waals surface area contributed by atoms with Gasteiger partial charge in [-0.15, -0.1) is 0 Å².